The van der Waals surface area contributed by atoms with Gasteiger partial charge in [0.25, 0.3) is 6.08 Å². The largest absolute Gasteiger partial charge is 0.486 e. The Hall–Kier alpha value is -3.34. The first-order valence-corrected chi connectivity index (χ1v) is 10.3. The monoisotopic (exact) mass is 421 g/mol. The van der Waals surface area contributed by atoms with Gasteiger partial charge in [-0.25, -0.2) is 0 Å². The number of rotatable bonds is 6. The summed E-state index contributed by atoms with van der Waals surface area (Å²) in [6.07, 6.45) is -1.49. The maximum atomic E-state index is 14.2. The van der Waals surface area contributed by atoms with Crippen LogP contribution in [0, 0.1) is 0 Å². The van der Waals surface area contributed by atoms with E-state index in [1.54, 1.807) is 12.1 Å². The van der Waals surface area contributed by atoms with Crippen LogP contribution in [-0.2, 0) is 0 Å². The molecule has 31 heavy (non-hydrogen) atoms. The lowest BCUT2D eigenvalue weighted by molar-refractivity contribution is 0.171. The van der Waals surface area contributed by atoms with Crippen molar-refractivity contribution in [2.45, 2.75) is 12.3 Å². The predicted molar refractivity (Wildman–Crippen MR) is 120 cm³/mol. The Kier molecular flexibility index (Phi) is 6.21. The predicted octanol–water partition coefficient (Wildman–Crippen LogP) is 6.35. The Bertz CT molecular complexity index is 1080. The van der Waals surface area contributed by atoms with E-state index in [0.717, 1.165) is 16.8 Å². The summed E-state index contributed by atoms with van der Waals surface area (Å²) in [5.41, 5.74) is 3.35. The summed E-state index contributed by atoms with van der Waals surface area (Å²) < 4.78 is 39.8. The highest BCUT2D eigenvalue weighted by atomic mass is 19.3. The number of nitrogens with zero attached hydrogens (tertiary/aromatic N) is 1. The maximum Gasteiger partial charge on any atom is 0.274 e. The van der Waals surface area contributed by atoms with Crippen LogP contribution in [0.3, 0.4) is 0 Å². The zero-order valence-electron chi connectivity index (χ0n) is 17.6. The number of anilines is 1. The molecule has 0 aromatic heterocycles. The second-order valence-corrected chi connectivity index (χ2v) is 7.75. The lowest BCUT2D eigenvalue weighted by Gasteiger charge is -2.24. The summed E-state index contributed by atoms with van der Waals surface area (Å²) >= 11 is 0. The maximum absolute atomic E-state index is 14.2. The van der Waals surface area contributed by atoms with E-state index in [1.165, 1.54) is 0 Å². The van der Waals surface area contributed by atoms with Crippen molar-refractivity contribution in [2.24, 2.45) is 0 Å². The van der Waals surface area contributed by atoms with E-state index in [2.05, 4.69) is 0 Å². The van der Waals surface area contributed by atoms with Gasteiger partial charge >= 0.3 is 0 Å². The molecule has 0 saturated carbocycles. The molecule has 0 spiro atoms. The molecule has 0 saturated heterocycles. The van der Waals surface area contributed by atoms with E-state index in [1.807, 2.05) is 79.7 Å². The number of allylic oxidation sites excluding steroid dienone is 1. The van der Waals surface area contributed by atoms with Crippen LogP contribution in [0.2, 0.25) is 0 Å². The van der Waals surface area contributed by atoms with E-state index >= 15 is 0 Å². The van der Waals surface area contributed by atoms with Crippen LogP contribution >= 0.6 is 0 Å². The topological polar surface area (TPSA) is 21.7 Å². The van der Waals surface area contributed by atoms with Crippen LogP contribution in [0.25, 0.3) is 5.57 Å². The molecule has 1 unspecified atom stereocenters. The molecular formula is C26H25F2NO2. The number of fused-ring (bicyclic) bond motifs is 1. The third-order valence-corrected chi connectivity index (χ3v) is 5.52. The van der Waals surface area contributed by atoms with Gasteiger partial charge in [0.1, 0.15) is 13.2 Å². The fourth-order valence-corrected chi connectivity index (χ4v) is 3.87. The van der Waals surface area contributed by atoms with Crippen molar-refractivity contribution < 1.29 is 18.3 Å². The Balaban J connectivity index is 1.75. The van der Waals surface area contributed by atoms with Crippen LogP contribution in [0.15, 0.2) is 78.9 Å². The van der Waals surface area contributed by atoms with E-state index < -0.39 is 6.08 Å². The van der Waals surface area contributed by atoms with Crippen molar-refractivity contribution in [3.8, 4) is 11.5 Å². The molecule has 0 aliphatic carbocycles. The molecule has 1 atom stereocenters. The third kappa shape index (κ3) is 4.71. The summed E-state index contributed by atoms with van der Waals surface area (Å²) in [4.78, 5) is 1.91. The summed E-state index contributed by atoms with van der Waals surface area (Å²) in [6.45, 7) is 0.991. The Morgan fingerprint density at radius 3 is 2.29 bits per heavy atom. The Morgan fingerprint density at radius 2 is 1.58 bits per heavy atom. The molecule has 0 fully saturated rings. The standard InChI is InChI=1S/C26H25F2NO2/c1-29(2)21-10-6-9-19(15-21)23(26(27)28)17-22(18-7-4-3-5-8-18)20-11-12-24-25(16-20)31-14-13-30-24/h3-12,15-16,22H,13-14,17H2,1-2H3. The second kappa shape index (κ2) is 9.21. The SMILES string of the molecule is CN(C)c1cccc(C(CC(c2ccccc2)c2ccc3c(c2)OCCO3)=C(F)F)c1. The first kappa shape index (κ1) is 20.9. The van der Waals surface area contributed by atoms with Gasteiger partial charge in [-0.15, -0.1) is 0 Å². The summed E-state index contributed by atoms with van der Waals surface area (Å²) in [6, 6.07) is 22.7. The van der Waals surface area contributed by atoms with Crippen molar-refractivity contribution in [1.82, 2.24) is 0 Å². The molecule has 1 heterocycles. The van der Waals surface area contributed by atoms with E-state index in [9.17, 15) is 8.78 Å². The average Bonchev–Trinajstić information content (AvgIpc) is 2.80. The molecule has 0 radical (unpaired) electrons. The fourth-order valence-electron chi connectivity index (χ4n) is 3.87. The van der Waals surface area contributed by atoms with Crippen LogP contribution in [0.1, 0.15) is 29.0 Å². The van der Waals surface area contributed by atoms with Crippen LogP contribution in [0.4, 0.5) is 14.5 Å². The highest BCUT2D eigenvalue weighted by molar-refractivity contribution is 5.71. The molecule has 4 rings (SSSR count). The van der Waals surface area contributed by atoms with E-state index in [0.29, 0.717) is 30.3 Å². The Morgan fingerprint density at radius 1 is 0.839 bits per heavy atom. The zero-order chi connectivity index (χ0) is 21.8. The molecule has 3 aromatic carbocycles. The van der Waals surface area contributed by atoms with Gasteiger partial charge in [-0.3, -0.25) is 0 Å². The minimum atomic E-state index is -1.66. The van der Waals surface area contributed by atoms with E-state index in [4.69, 9.17) is 9.47 Å². The number of hydrogen-bond donors (Lipinski definition) is 0. The van der Waals surface area contributed by atoms with Crippen LogP contribution in [0.5, 0.6) is 11.5 Å². The number of ether oxygens (including phenoxy) is 2. The average molecular weight is 421 g/mol. The Labute approximate surface area is 181 Å². The second-order valence-electron chi connectivity index (χ2n) is 7.75. The van der Waals surface area contributed by atoms with Gasteiger partial charge in [0.2, 0.25) is 0 Å². The number of benzene rings is 3. The molecule has 1 aliphatic rings. The van der Waals surface area contributed by atoms with Gasteiger partial charge in [-0.1, -0.05) is 48.5 Å². The zero-order valence-corrected chi connectivity index (χ0v) is 17.6. The normalized spacial score (nSPS) is 13.4. The number of halogens is 2. The van der Waals surface area contributed by atoms with Gasteiger partial charge in [0.05, 0.1) is 0 Å². The van der Waals surface area contributed by atoms with Gasteiger partial charge in [-0.05, 0) is 47.4 Å². The molecule has 0 N–H and O–H groups in total. The molecule has 5 heteroatoms. The minimum Gasteiger partial charge on any atom is -0.486 e. The lowest BCUT2D eigenvalue weighted by atomic mass is 9.84. The first-order chi connectivity index (χ1) is 15.0. The molecule has 3 nitrogen and oxygen atoms in total. The quantitative estimate of drug-likeness (QED) is 0.463. The molecular weight excluding hydrogens is 396 g/mol. The highest BCUT2D eigenvalue weighted by Crippen LogP contribution is 2.40. The molecule has 3 aromatic rings. The smallest absolute Gasteiger partial charge is 0.274 e. The third-order valence-electron chi connectivity index (χ3n) is 5.52. The minimum absolute atomic E-state index is 0.0486. The highest BCUT2D eigenvalue weighted by Gasteiger charge is 2.23. The van der Waals surface area contributed by atoms with E-state index in [-0.39, 0.29) is 17.9 Å². The molecule has 0 bridgehead atoms. The summed E-state index contributed by atoms with van der Waals surface area (Å²) in [7, 11) is 3.80. The van der Waals surface area contributed by atoms with Crippen molar-refractivity contribution in [1.29, 1.82) is 0 Å². The fraction of sp³-hybridized carbons (Fsp3) is 0.231. The van der Waals surface area contributed by atoms with Crippen LogP contribution in [-0.4, -0.2) is 27.3 Å². The van der Waals surface area contributed by atoms with Gasteiger partial charge in [0.15, 0.2) is 11.5 Å². The number of hydrogen-bond acceptors (Lipinski definition) is 3. The molecule has 160 valence electrons. The van der Waals surface area contributed by atoms with Crippen molar-refractivity contribution in [3.63, 3.8) is 0 Å². The lowest BCUT2D eigenvalue weighted by Crippen LogP contribution is -2.15. The van der Waals surface area contributed by atoms with Crippen molar-refractivity contribution in [2.75, 3.05) is 32.2 Å². The molecule has 0 amide bonds. The van der Waals surface area contributed by atoms with Crippen LogP contribution < -0.4 is 14.4 Å². The van der Waals surface area contributed by atoms with Gasteiger partial charge in [0, 0.05) is 31.3 Å². The van der Waals surface area contributed by atoms with Gasteiger partial charge < -0.3 is 14.4 Å². The van der Waals surface area contributed by atoms with Gasteiger partial charge in [-0.2, -0.15) is 8.78 Å². The van der Waals surface area contributed by atoms with Crippen molar-refractivity contribution in [3.05, 3.63) is 95.6 Å². The first-order valence-electron chi connectivity index (χ1n) is 10.3. The van der Waals surface area contributed by atoms with Crippen molar-refractivity contribution >= 4 is 11.3 Å². The summed E-state index contributed by atoms with van der Waals surface area (Å²) in [5, 5.41) is 0. The summed E-state index contributed by atoms with van der Waals surface area (Å²) in [5.74, 6) is 1.09. The molecule has 1 aliphatic heterocycles.